The Morgan fingerprint density at radius 3 is 2.48 bits per heavy atom. The number of rotatable bonds is 6. The van der Waals surface area contributed by atoms with Crippen LogP contribution in [-0.4, -0.2) is 28.0 Å². The first-order chi connectivity index (χ1) is 13.9. The number of carbonyl (C=O) groups is 2. The molecule has 29 heavy (non-hydrogen) atoms. The van der Waals surface area contributed by atoms with Gasteiger partial charge in [0.15, 0.2) is 6.61 Å². The number of nitrogens with one attached hydrogen (secondary N) is 1. The fourth-order valence-electron chi connectivity index (χ4n) is 3.11. The van der Waals surface area contributed by atoms with Crippen LogP contribution in [0.4, 0.5) is 5.69 Å². The number of hydrogen-bond acceptors (Lipinski definition) is 5. The molecular weight excluding hydrogens is 370 g/mol. The van der Waals surface area contributed by atoms with Gasteiger partial charge in [-0.15, -0.1) is 0 Å². The highest BCUT2D eigenvalue weighted by Crippen LogP contribution is 2.19. The summed E-state index contributed by atoms with van der Waals surface area (Å²) in [5, 5.41) is 3.30. The topological polar surface area (TPSA) is 90.3 Å². The molecule has 7 heteroatoms. The average Bonchev–Trinajstić information content (AvgIpc) is 2.71. The molecule has 0 atom stereocenters. The molecule has 1 aromatic heterocycles. The van der Waals surface area contributed by atoms with Crippen LogP contribution in [0.3, 0.4) is 0 Å². The van der Waals surface area contributed by atoms with Gasteiger partial charge in [0.05, 0.1) is 17.3 Å². The summed E-state index contributed by atoms with van der Waals surface area (Å²) < 4.78 is 6.50. The molecule has 2 aromatic carbocycles. The molecule has 1 heterocycles. The standard InChI is InChI=1S/C22H23N3O4/c1-14-7-6-8-15(2)21(14)24-19(26)13-29-20(27)12-11-18-23-17-10-5-4-9-16(17)22(28)25(18)3/h4-10H,11-13H2,1-3H3,(H,24,26). The number of ether oxygens (including phenoxy) is 1. The lowest BCUT2D eigenvalue weighted by atomic mass is 10.1. The summed E-state index contributed by atoms with van der Waals surface area (Å²) in [6, 6.07) is 12.8. The summed E-state index contributed by atoms with van der Waals surface area (Å²) in [6.07, 6.45) is 0.267. The number of hydrogen-bond donors (Lipinski definition) is 1. The highest BCUT2D eigenvalue weighted by atomic mass is 16.5. The van der Waals surface area contributed by atoms with Crippen LogP contribution in [0.25, 0.3) is 10.9 Å². The van der Waals surface area contributed by atoms with Gasteiger partial charge in [-0.05, 0) is 37.1 Å². The van der Waals surface area contributed by atoms with Crippen molar-refractivity contribution in [3.63, 3.8) is 0 Å². The van der Waals surface area contributed by atoms with E-state index in [9.17, 15) is 14.4 Å². The van der Waals surface area contributed by atoms with Gasteiger partial charge in [0.2, 0.25) is 0 Å². The number of amides is 1. The fraction of sp³-hybridized carbons (Fsp3) is 0.273. The Kier molecular flexibility index (Phi) is 6.07. The highest BCUT2D eigenvalue weighted by Gasteiger charge is 2.13. The number of para-hydroxylation sites is 2. The van der Waals surface area contributed by atoms with Crippen LogP contribution in [0, 0.1) is 13.8 Å². The molecule has 1 N–H and O–H groups in total. The molecule has 3 aromatic rings. The normalized spacial score (nSPS) is 10.7. The third kappa shape index (κ3) is 4.68. The van der Waals surface area contributed by atoms with E-state index in [-0.39, 0.29) is 25.0 Å². The van der Waals surface area contributed by atoms with E-state index in [2.05, 4.69) is 10.3 Å². The van der Waals surface area contributed by atoms with Crippen molar-refractivity contribution in [3.8, 4) is 0 Å². The number of nitrogens with zero attached hydrogens (tertiary/aromatic N) is 2. The number of aromatic nitrogens is 2. The maximum atomic E-state index is 12.4. The summed E-state index contributed by atoms with van der Waals surface area (Å²) >= 11 is 0. The molecule has 3 rings (SSSR count). The van der Waals surface area contributed by atoms with Crippen LogP contribution in [0.2, 0.25) is 0 Å². The Morgan fingerprint density at radius 1 is 1.07 bits per heavy atom. The summed E-state index contributed by atoms with van der Waals surface area (Å²) in [4.78, 5) is 41.0. The molecule has 0 aliphatic rings. The molecule has 0 aliphatic heterocycles. The summed E-state index contributed by atoms with van der Waals surface area (Å²) in [5.41, 5.74) is 3.03. The highest BCUT2D eigenvalue weighted by molar-refractivity contribution is 5.94. The number of anilines is 1. The summed E-state index contributed by atoms with van der Waals surface area (Å²) in [6.45, 7) is 3.43. The lowest BCUT2D eigenvalue weighted by molar-refractivity contribution is -0.147. The first-order valence-electron chi connectivity index (χ1n) is 9.33. The lowest BCUT2D eigenvalue weighted by Gasteiger charge is -2.12. The molecule has 7 nitrogen and oxygen atoms in total. The van der Waals surface area contributed by atoms with Crippen LogP contribution < -0.4 is 10.9 Å². The van der Waals surface area contributed by atoms with Gasteiger partial charge >= 0.3 is 5.97 Å². The van der Waals surface area contributed by atoms with E-state index in [1.807, 2.05) is 38.1 Å². The minimum absolute atomic E-state index is 0.0231. The first-order valence-corrected chi connectivity index (χ1v) is 9.33. The zero-order valence-electron chi connectivity index (χ0n) is 16.7. The van der Waals surface area contributed by atoms with Crippen molar-refractivity contribution in [2.75, 3.05) is 11.9 Å². The third-order valence-corrected chi connectivity index (χ3v) is 4.74. The molecular formula is C22H23N3O4. The molecule has 0 spiro atoms. The number of carbonyl (C=O) groups excluding carboxylic acids is 2. The van der Waals surface area contributed by atoms with Gasteiger partial charge in [0, 0.05) is 19.2 Å². The molecule has 0 saturated heterocycles. The van der Waals surface area contributed by atoms with Crippen molar-refractivity contribution < 1.29 is 14.3 Å². The predicted molar refractivity (Wildman–Crippen MR) is 111 cm³/mol. The molecule has 0 radical (unpaired) electrons. The van der Waals surface area contributed by atoms with Gasteiger partial charge < -0.3 is 10.1 Å². The van der Waals surface area contributed by atoms with Crippen molar-refractivity contribution in [2.24, 2.45) is 7.05 Å². The minimum Gasteiger partial charge on any atom is -0.456 e. The molecule has 1 amide bonds. The van der Waals surface area contributed by atoms with Gasteiger partial charge in [-0.3, -0.25) is 19.0 Å². The van der Waals surface area contributed by atoms with E-state index in [0.717, 1.165) is 16.8 Å². The van der Waals surface area contributed by atoms with Crippen molar-refractivity contribution in [1.82, 2.24) is 9.55 Å². The Morgan fingerprint density at radius 2 is 1.76 bits per heavy atom. The second-order valence-electron chi connectivity index (χ2n) is 6.89. The quantitative estimate of drug-likeness (QED) is 0.650. The van der Waals surface area contributed by atoms with Crippen LogP contribution in [0.1, 0.15) is 23.4 Å². The first kappa shape index (κ1) is 20.3. The average molecular weight is 393 g/mol. The predicted octanol–water partition coefficient (Wildman–Crippen LogP) is 2.66. The zero-order valence-corrected chi connectivity index (χ0v) is 16.7. The number of esters is 1. The van der Waals surface area contributed by atoms with Crippen LogP contribution in [-0.2, 0) is 27.8 Å². The molecule has 0 unspecified atom stereocenters. The smallest absolute Gasteiger partial charge is 0.306 e. The maximum Gasteiger partial charge on any atom is 0.306 e. The second-order valence-corrected chi connectivity index (χ2v) is 6.89. The Labute approximate surface area is 168 Å². The number of benzene rings is 2. The summed E-state index contributed by atoms with van der Waals surface area (Å²) in [5.74, 6) is -0.429. The monoisotopic (exact) mass is 393 g/mol. The van der Waals surface area contributed by atoms with Crippen molar-refractivity contribution in [2.45, 2.75) is 26.7 Å². The molecule has 0 aliphatic carbocycles. The molecule has 0 fully saturated rings. The van der Waals surface area contributed by atoms with Crippen molar-refractivity contribution in [1.29, 1.82) is 0 Å². The molecule has 0 bridgehead atoms. The van der Waals surface area contributed by atoms with E-state index in [0.29, 0.717) is 16.7 Å². The van der Waals surface area contributed by atoms with Crippen molar-refractivity contribution >= 4 is 28.5 Å². The van der Waals surface area contributed by atoms with E-state index in [4.69, 9.17) is 4.74 Å². The SMILES string of the molecule is Cc1cccc(C)c1NC(=O)COC(=O)CCc1nc2ccccc2c(=O)n1C. The lowest BCUT2D eigenvalue weighted by Crippen LogP contribution is -2.24. The van der Waals surface area contributed by atoms with Gasteiger partial charge in [-0.25, -0.2) is 4.98 Å². The second kappa shape index (κ2) is 8.68. The van der Waals surface area contributed by atoms with Crippen LogP contribution in [0.5, 0.6) is 0 Å². The number of fused-ring (bicyclic) bond motifs is 1. The van der Waals surface area contributed by atoms with E-state index in [1.165, 1.54) is 4.57 Å². The van der Waals surface area contributed by atoms with E-state index < -0.39 is 11.9 Å². The Balaban J connectivity index is 1.57. The van der Waals surface area contributed by atoms with Crippen LogP contribution >= 0.6 is 0 Å². The fourth-order valence-corrected chi connectivity index (χ4v) is 3.11. The molecule has 150 valence electrons. The van der Waals surface area contributed by atoms with Gasteiger partial charge in [-0.2, -0.15) is 0 Å². The van der Waals surface area contributed by atoms with Crippen molar-refractivity contribution in [3.05, 3.63) is 69.8 Å². The zero-order chi connectivity index (χ0) is 21.0. The minimum atomic E-state index is -0.524. The van der Waals surface area contributed by atoms with E-state index in [1.54, 1.807) is 25.2 Å². The third-order valence-electron chi connectivity index (χ3n) is 4.74. The Hall–Kier alpha value is -3.48. The van der Waals surface area contributed by atoms with Gasteiger partial charge in [-0.1, -0.05) is 30.3 Å². The molecule has 0 saturated carbocycles. The van der Waals surface area contributed by atoms with Gasteiger partial charge in [0.25, 0.3) is 11.5 Å². The maximum absolute atomic E-state index is 12.4. The summed E-state index contributed by atoms with van der Waals surface area (Å²) in [7, 11) is 1.63. The Bertz CT molecular complexity index is 1110. The van der Waals surface area contributed by atoms with E-state index >= 15 is 0 Å². The largest absolute Gasteiger partial charge is 0.456 e. The number of aryl methyl sites for hydroxylation is 3. The van der Waals surface area contributed by atoms with Gasteiger partial charge in [0.1, 0.15) is 5.82 Å². The van der Waals surface area contributed by atoms with Crippen LogP contribution in [0.15, 0.2) is 47.3 Å².